The van der Waals surface area contributed by atoms with Crippen LogP contribution in [0.4, 0.5) is 5.69 Å². The van der Waals surface area contributed by atoms with Crippen LogP contribution in [0.25, 0.3) is 0 Å². The Labute approximate surface area is 101 Å². The number of carbonyl (C=O) groups excluding carboxylic acids is 1. The number of nitrogen functional groups attached to an aromatic ring is 1. The zero-order valence-electron chi connectivity index (χ0n) is 10.5. The number of likely N-dealkylation sites (tertiary alicyclic amines) is 1. The Balaban J connectivity index is 2.08. The summed E-state index contributed by atoms with van der Waals surface area (Å²) in [5, 5.41) is 6.47. The van der Waals surface area contributed by atoms with Gasteiger partial charge in [0.25, 0.3) is 5.91 Å². The van der Waals surface area contributed by atoms with Crippen LogP contribution < -0.4 is 5.73 Å². The number of rotatable bonds is 1. The molecule has 1 aromatic rings. The number of nitrogens with one attached hydrogen (secondary N) is 1. The van der Waals surface area contributed by atoms with Gasteiger partial charge in [-0.05, 0) is 24.7 Å². The normalized spacial score (nSPS) is 20.0. The molecule has 0 aliphatic carbocycles. The fourth-order valence-electron chi connectivity index (χ4n) is 2.25. The van der Waals surface area contributed by atoms with E-state index in [-0.39, 0.29) is 5.91 Å². The van der Waals surface area contributed by atoms with E-state index >= 15 is 0 Å². The molecule has 2 rings (SSSR count). The molecule has 0 spiro atoms. The average Bonchev–Trinajstić information content (AvgIpc) is 2.59. The first-order chi connectivity index (χ1) is 7.99. The van der Waals surface area contributed by atoms with Crippen LogP contribution in [-0.2, 0) is 0 Å². The molecule has 5 heteroatoms. The van der Waals surface area contributed by atoms with Crippen LogP contribution in [0, 0.1) is 5.41 Å². The summed E-state index contributed by atoms with van der Waals surface area (Å²) in [4.78, 5) is 14.1. The van der Waals surface area contributed by atoms with Crippen LogP contribution in [0.2, 0.25) is 0 Å². The van der Waals surface area contributed by atoms with Gasteiger partial charge in [0.15, 0.2) is 0 Å². The lowest BCUT2D eigenvalue weighted by Gasteiger charge is -2.23. The van der Waals surface area contributed by atoms with Crippen LogP contribution in [0.15, 0.2) is 6.20 Å². The van der Waals surface area contributed by atoms with Gasteiger partial charge >= 0.3 is 0 Å². The highest BCUT2D eigenvalue weighted by molar-refractivity contribution is 5.96. The first-order valence-corrected chi connectivity index (χ1v) is 6.08. The summed E-state index contributed by atoms with van der Waals surface area (Å²) in [6.07, 6.45) is 4.73. The van der Waals surface area contributed by atoms with Crippen molar-refractivity contribution in [1.82, 2.24) is 15.1 Å². The monoisotopic (exact) mass is 236 g/mol. The number of hydrogen-bond donors (Lipinski definition) is 2. The fourth-order valence-corrected chi connectivity index (χ4v) is 2.25. The summed E-state index contributed by atoms with van der Waals surface area (Å²) in [7, 11) is 0. The number of amides is 1. The molecule has 0 aromatic carbocycles. The molecule has 5 nitrogen and oxygen atoms in total. The lowest BCUT2D eigenvalue weighted by Crippen LogP contribution is -2.33. The van der Waals surface area contributed by atoms with Crippen molar-refractivity contribution in [3.63, 3.8) is 0 Å². The maximum atomic E-state index is 12.2. The predicted molar refractivity (Wildman–Crippen MR) is 66.5 cm³/mol. The van der Waals surface area contributed by atoms with Crippen molar-refractivity contribution in [3.05, 3.63) is 11.9 Å². The predicted octanol–water partition coefficient (Wildman–Crippen LogP) is 1.64. The molecule has 0 bridgehead atoms. The second kappa shape index (κ2) is 4.39. The third-order valence-electron chi connectivity index (χ3n) is 3.51. The second-order valence-electron chi connectivity index (χ2n) is 5.51. The zero-order chi connectivity index (χ0) is 12.5. The van der Waals surface area contributed by atoms with E-state index in [2.05, 4.69) is 24.0 Å². The molecule has 0 atom stereocenters. The van der Waals surface area contributed by atoms with Crippen LogP contribution >= 0.6 is 0 Å². The smallest absolute Gasteiger partial charge is 0.274 e. The third kappa shape index (κ3) is 2.60. The van der Waals surface area contributed by atoms with E-state index in [0.717, 1.165) is 32.4 Å². The van der Waals surface area contributed by atoms with E-state index in [1.807, 2.05) is 4.90 Å². The molecule has 0 radical (unpaired) electrons. The van der Waals surface area contributed by atoms with Crippen molar-refractivity contribution >= 4 is 11.6 Å². The molecule has 94 valence electrons. The fraction of sp³-hybridized carbons (Fsp3) is 0.667. The minimum absolute atomic E-state index is 0.0299. The summed E-state index contributed by atoms with van der Waals surface area (Å²) in [5.74, 6) is -0.0299. The Hall–Kier alpha value is -1.52. The first kappa shape index (κ1) is 12.0. The van der Waals surface area contributed by atoms with Crippen molar-refractivity contribution in [1.29, 1.82) is 0 Å². The van der Waals surface area contributed by atoms with Gasteiger partial charge in [0.2, 0.25) is 0 Å². The molecule has 1 amide bonds. The number of aromatic nitrogens is 2. The quantitative estimate of drug-likeness (QED) is 0.778. The van der Waals surface area contributed by atoms with Gasteiger partial charge in [-0.15, -0.1) is 0 Å². The van der Waals surface area contributed by atoms with Crippen LogP contribution in [0.3, 0.4) is 0 Å². The molecular formula is C12H20N4O. The van der Waals surface area contributed by atoms with Crippen molar-refractivity contribution in [2.75, 3.05) is 18.8 Å². The van der Waals surface area contributed by atoms with E-state index in [9.17, 15) is 4.79 Å². The van der Waals surface area contributed by atoms with Crippen molar-refractivity contribution in [2.24, 2.45) is 5.41 Å². The average molecular weight is 236 g/mol. The van der Waals surface area contributed by atoms with Gasteiger partial charge in [-0.1, -0.05) is 13.8 Å². The van der Waals surface area contributed by atoms with Gasteiger partial charge in [0.05, 0.1) is 11.9 Å². The number of carbonyl (C=O) groups is 1. The van der Waals surface area contributed by atoms with Gasteiger partial charge in [0.1, 0.15) is 5.69 Å². The van der Waals surface area contributed by atoms with Gasteiger partial charge in [-0.2, -0.15) is 5.10 Å². The molecule has 17 heavy (non-hydrogen) atoms. The Morgan fingerprint density at radius 2 is 2.24 bits per heavy atom. The molecule has 0 unspecified atom stereocenters. The van der Waals surface area contributed by atoms with E-state index < -0.39 is 0 Å². The van der Waals surface area contributed by atoms with E-state index in [0.29, 0.717) is 16.8 Å². The van der Waals surface area contributed by atoms with Crippen LogP contribution in [-0.4, -0.2) is 34.1 Å². The second-order valence-corrected chi connectivity index (χ2v) is 5.51. The number of anilines is 1. The van der Waals surface area contributed by atoms with E-state index in [4.69, 9.17) is 5.73 Å². The minimum atomic E-state index is -0.0299. The maximum absolute atomic E-state index is 12.2. The number of nitrogens with zero attached hydrogens (tertiary/aromatic N) is 2. The summed E-state index contributed by atoms with van der Waals surface area (Å²) in [5.41, 5.74) is 6.88. The highest BCUT2D eigenvalue weighted by atomic mass is 16.2. The lowest BCUT2D eigenvalue weighted by atomic mass is 9.85. The first-order valence-electron chi connectivity index (χ1n) is 6.08. The lowest BCUT2D eigenvalue weighted by molar-refractivity contribution is 0.0752. The molecule has 1 saturated heterocycles. The molecule has 1 fully saturated rings. The Bertz CT molecular complexity index is 410. The Morgan fingerprint density at radius 1 is 1.47 bits per heavy atom. The molecule has 3 N–H and O–H groups in total. The molecular weight excluding hydrogens is 216 g/mol. The minimum Gasteiger partial charge on any atom is -0.396 e. The highest BCUT2D eigenvalue weighted by Crippen LogP contribution is 2.30. The summed E-state index contributed by atoms with van der Waals surface area (Å²) < 4.78 is 0. The topological polar surface area (TPSA) is 75.0 Å². The zero-order valence-corrected chi connectivity index (χ0v) is 10.5. The SMILES string of the molecule is CC1(C)CCCN(C(=O)c2[nH]ncc2N)CC1. The summed E-state index contributed by atoms with van der Waals surface area (Å²) >= 11 is 0. The Morgan fingerprint density at radius 3 is 2.88 bits per heavy atom. The van der Waals surface area contributed by atoms with E-state index in [1.54, 1.807) is 0 Å². The standard InChI is InChI=1S/C12H20N4O/c1-12(2)4-3-6-16(7-5-12)11(17)10-9(13)8-14-15-10/h8H,3-7,13H2,1-2H3,(H,14,15). The number of aromatic amines is 1. The van der Waals surface area contributed by atoms with Gasteiger partial charge in [0, 0.05) is 13.1 Å². The van der Waals surface area contributed by atoms with Gasteiger partial charge in [-0.3, -0.25) is 9.89 Å². The number of hydrogen-bond acceptors (Lipinski definition) is 3. The van der Waals surface area contributed by atoms with E-state index in [1.165, 1.54) is 6.20 Å². The largest absolute Gasteiger partial charge is 0.396 e. The molecule has 1 aliphatic heterocycles. The molecule has 2 heterocycles. The molecule has 1 aliphatic rings. The maximum Gasteiger partial charge on any atom is 0.274 e. The Kier molecular flexibility index (Phi) is 3.09. The van der Waals surface area contributed by atoms with Crippen molar-refractivity contribution < 1.29 is 4.79 Å². The van der Waals surface area contributed by atoms with Crippen LogP contribution in [0.5, 0.6) is 0 Å². The van der Waals surface area contributed by atoms with Gasteiger partial charge in [-0.25, -0.2) is 0 Å². The van der Waals surface area contributed by atoms with Crippen molar-refractivity contribution in [3.8, 4) is 0 Å². The van der Waals surface area contributed by atoms with Crippen LogP contribution in [0.1, 0.15) is 43.6 Å². The number of H-pyrrole nitrogens is 1. The highest BCUT2D eigenvalue weighted by Gasteiger charge is 2.27. The van der Waals surface area contributed by atoms with Gasteiger partial charge < -0.3 is 10.6 Å². The third-order valence-corrected chi connectivity index (χ3v) is 3.51. The summed E-state index contributed by atoms with van der Waals surface area (Å²) in [6.45, 7) is 6.11. The van der Waals surface area contributed by atoms with Crippen molar-refractivity contribution in [2.45, 2.75) is 33.1 Å². The summed E-state index contributed by atoms with van der Waals surface area (Å²) in [6, 6.07) is 0. The number of nitrogens with two attached hydrogens (primary N) is 1. The molecule has 1 aromatic heterocycles. The molecule has 0 saturated carbocycles.